The average Bonchev–Trinajstić information content (AvgIpc) is 3.06. The van der Waals surface area contributed by atoms with Gasteiger partial charge in [0, 0.05) is 12.5 Å². The quantitative estimate of drug-likeness (QED) is 0.909. The molecule has 2 aromatic carbocycles. The number of rotatable bonds is 4. The van der Waals surface area contributed by atoms with Gasteiger partial charge in [-0.15, -0.1) is 0 Å². The molecular formula is C19H20N2O. The van der Waals surface area contributed by atoms with Gasteiger partial charge in [0.25, 0.3) is 0 Å². The van der Waals surface area contributed by atoms with Gasteiger partial charge in [0.1, 0.15) is 0 Å². The van der Waals surface area contributed by atoms with E-state index in [1.54, 1.807) is 0 Å². The van der Waals surface area contributed by atoms with Crippen molar-refractivity contribution in [2.75, 3.05) is 13.1 Å². The maximum atomic E-state index is 12.1. The SMILES string of the molecule is O=C(NCc1ccc(-c2ccccc2)cc1)C1[C@H]2CNC[C@@H]12. The molecule has 0 aromatic heterocycles. The highest BCUT2D eigenvalue weighted by molar-refractivity contribution is 5.82. The molecule has 112 valence electrons. The summed E-state index contributed by atoms with van der Waals surface area (Å²) < 4.78 is 0. The second-order valence-electron chi connectivity index (χ2n) is 6.29. The van der Waals surface area contributed by atoms with Gasteiger partial charge >= 0.3 is 0 Å². The first-order valence-corrected chi connectivity index (χ1v) is 7.96. The maximum Gasteiger partial charge on any atom is 0.224 e. The Labute approximate surface area is 130 Å². The molecule has 4 rings (SSSR count). The van der Waals surface area contributed by atoms with Gasteiger partial charge in [0.15, 0.2) is 0 Å². The van der Waals surface area contributed by atoms with Crippen LogP contribution in [0.25, 0.3) is 11.1 Å². The lowest BCUT2D eigenvalue weighted by Crippen LogP contribution is -2.29. The van der Waals surface area contributed by atoms with Crippen molar-refractivity contribution in [2.45, 2.75) is 6.54 Å². The molecule has 0 radical (unpaired) electrons. The van der Waals surface area contributed by atoms with Gasteiger partial charge in [0.05, 0.1) is 0 Å². The molecule has 2 aromatic rings. The van der Waals surface area contributed by atoms with Crippen molar-refractivity contribution in [3.05, 3.63) is 60.2 Å². The number of piperidine rings is 1. The number of carbonyl (C=O) groups is 1. The summed E-state index contributed by atoms with van der Waals surface area (Å²) in [4.78, 5) is 12.1. The van der Waals surface area contributed by atoms with E-state index in [9.17, 15) is 4.79 Å². The molecule has 1 unspecified atom stereocenters. The van der Waals surface area contributed by atoms with Gasteiger partial charge in [-0.1, -0.05) is 54.6 Å². The molecule has 1 amide bonds. The summed E-state index contributed by atoms with van der Waals surface area (Å²) in [6.07, 6.45) is 0. The Morgan fingerprint density at radius 3 is 2.27 bits per heavy atom. The molecule has 1 aliphatic carbocycles. The minimum atomic E-state index is 0.226. The van der Waals surface area contributed by atoms with Crippen LogP contribution in [-0.4, -0.2) is 19.0 Å². The van der Waals surface area contributed by atoms with Crippen LogP contribution < -0.4 is 10.6 Å². The molecule has 2 aliphatic rings. The van der Waals surface area contributed by atoms with Crippen molar-refractivity contribution in [1.29, 1.82) is 0 Å². The predicted octanol–water partition coefficient (Wildman–Crippen LogP) is 2.44. The smallest absolute Gasteiger partial charge is 0.224 e. The number of hydrogen-bond acceptors (Lipinski definition) is 2. The number of carbonyl (C=O) groups excluding carboxylic acids is 1. The Kier molecular flexibility index (Phi) is 3.43. The minimum Gasteiger partial charge on any atom is -0.352 e. The van der Waals surface area contributed by atoms with Crippen LogP contribution in [0.15, 0.2) is 54.6 Å². The Bertz CT molecular complexity index is 656. The van der Waals surface area contributed by atoms with Crippen LogP contribution in [0.3, 0.4) is 0 Å². The van der Waals surface area contributed by atoms with E-state index in [1.807, 2.05) is 18.2 Å². The van der Waals surface area contributed by atoms with E-state index >= 15 is 0 Å². The number of fused-ring (bicyclic) bond motifs is 1. The lowest BCUT2D eigenvalue weighted by atomic mass is 10.0. The van der Waals surface area contributed by atoms with Crippen LogP contribution in [0, 0.1) is 17.8 Å². The largest absolute Gasteiger partial charge is 0.352 e. The number of benzene rings is 2. The Morgan fingerprint density at radius 2 is 1.59 bits per heavy atom. The highest BCUT2D eigenvalue weighted by atomic mass is 16.2. The van der Waals surface area contributed by atoms with Crippen LogP contribution >= 0.6 is 0 Å². The van der Waals surface area contributed by atoms with Gasteiger partial charge in [-0.05, 0) is 41.6 Å². The fourth-order valence-electron chi connectivity index (χ4n) is 3.56. The van der Waals surface area contributed by atoms with Crippen molar-refractivity contribution < 1.29 is 4.79 Å². The van der Waals surface area contributed by atoms with Crippen molar-refractivity contribution in [3.63, 3.8) is 0 Å². The van der Waals surface area contributed by atoms with Gasteiger partial charge in [-0.3, -0.25) is 4.79 Å². The third kappa shape index (κ3) is 2.53. The third-order valence-electron chi connectivity index (χ3n) is 4.92. The summed E-state index contributed by atoms with van der Waals surface area (Å²) in [6.45, 7) is 2.64. The zero-order valence-electron chi connectivity index (χ0n) is 12.5. The molecule has 22 heavy (non-hydrogen) atoms. The van der Waals surface area contributed by atoms with E-state index in [-0.39, 0.29) is 11.8 Å². The van der Waals surface area contributed by atoms with E-state index in [2.05, 4.69) is 47.0 Å². The summed E-state index contributed by atoms with van der Waals surface area (Å²) in [7, 11) is 0. The highest BCUT2D eigenvalue weighted by Gasteiger charge is 2.56. The Hall–Kier alpha value is -2.13. The summed E-state index contributed by atoms with van der Waals surface area (Å²) in [5.74, 6) is 1.65. The van der Waals surface area contributed by atoms with E-state index in [0.29, 0.717) is 18.4 Å². The van der Waals surface area contributed by atoms with Crippen LogP contribution in [0.1, 0.15) is 5.56 Å². The summed E-state index contributed by atoms with van der Waals surface area (Å²) in [5, 5.41) is 6.40. The van der Waals surface area contributed by atoms with Gasteiger partial charge in [-0.25, -0.2) is 0 Å². The monoisotopic (exact) mass is 292 g/mol. The topological polar surface area (TPSA) is 41.1 Å². The minimum absolute atomic E-state index is 0.226. The van der Waals surface area contributed by atoms with Crippen molar-refractivity contribution in [2.24, 2.45) is 17.8 Å². The van der Waals surface area contributed by atoms with Crippen molar-refractivity contribution in [3.8, 4) is 11.1 Å². The first-order chi connectivity index (χ1) is 10.8. The standard InChI is InChI=1S/C19H20N2O/c22-19(18-16-11-20-12-17(16)18)21-10-13-6-8-15(9-7-13)14-4-2-1-3-5-14/h1-9,16-18,20H,10-12H2,(H,21,22)/t16-,17+,18?. The molecule has 1 heterocycles. The highest BCUT2D eigenvalue weighted by Crippen LogP contribution is 2.48. The normalized spacial score (nSPS) is 25.5. The fourth-order valence-corrected chi connectivity index (χ4v) is 3.56. The van der Waals surface area contributed by atoms with E-state index in [4.69, 9.17) is 0 Å². The molecule has 2 N–H and O–H groups in total. The van der Waals surface area contributed by atoms with Gasteiger partial charge in [0.2, 0.25) is 5.91 Å². The number of nitrogens with one attached hydrogen (secondary N) is 2. The Morgan fingerprint density at radius 1 is 0.955 bits per heavy atom. The molecule has 2 fully saturated rings. The van der Waals surface area contributed by atoms with E-state index in [0.717, 1.165) is 18.7 Å². The molecule has 1 saturated heterocycles. The lowest BCUT2D eigenvalue weighted by Gasteiger charge is -2.08. The van der Waals surface area contributed by atoms with Gasteiger partial charge < -0.3 is 10.6 Å². The second-order valence-corrected chi connectivity index (χ2v) is 6.29. The molecule has 1 saturated carbocycles. The van der Waals surface area contributed by atoms with Crippen molar-refractivity contribution in [1.82, 2.24) is 10.6 Å². The molecular weight excluding hydrogens is 272 g/mol. The van der Waals surface area contributed by atoms with Gasteiger partial charge in [-0.2, -0.15) is 0 Å². The average molecular weight is 292 g/mol. The fraction of sp³-hybridized carbons (Fsp3) is 0.316. The maximum absolute atomic E-state index is 12.1. The van der Waals surface area contributed by atoms with Crippen molar-refractivity contribution >= 4 is 5.91 Å². The summed E-state index contributed by atoms with van der Waals surface area (Å²) >= 11 is 0. The van der Waals surface area contributed by atoms with Crippen LogP contribution in [0.2, 0.25) is 0 Å². The van der Waals surface area contributed by atoms with E-state index in [1.165, 1.54) is 11.1 Å². The molecule has 1 aliphatic heterocycles. The van der Waals surface area contributed by atoms with Crippen LogP contribution in [0.5, 0.6) is 0 Å². The van der Waals surface area contributed by atoms with E-state index < -0.39 is 0 Å². The third-order valence-corrected chi connectivity index (χ3v) is 4.92. The first-order valence-electron chi connectivity index (χ1n) is 7.96. The molecule has 3 heteroatoms. The summed E-state index contributed by atoms with van der Waals surface area (Å²) in [5.41, 5.74) is 3.58. The summed E-state index contributed by atoms with van der Waals surface area (Å²) in [6, 6.07) is 18.8. The zero-order valence-corrected chi connectivity index (χ0v) is 12.5. The van der Waals surface area contributed by atoms with Crippen LogP contribution in [-0.2, 0) is 11.3 Å². The number of amides is 1. The number of hydrogen-bond donors (Lipinski definition) is 2. The lowest BCUT2D eigenvalue weighted by molar-refractivity contribution is -0.123. The first kappa shape index (κ1) is 13.5. The molecule has 0 bridgehead atoms. The zero-order chi connectivity index (χ0) is 14.9. The van der Waals surface area contributed by atoms with Crippen LogP contribution in [0.4, 0.5) is 0 Å². The second kappa shape index (κ2) is 5.58. The predicted molar refractivity (Wildman–Crippen MR) is 87.1 cm³/mol. The molecule has 3 nitrogen and oxygen atoms in total. The molecule has 3 atom stereocenters. The molecule has 0 spiro atoms. The Balaban J connectivity index is 1.35.